The lowest BCUT2D eigenvalue weighted by Gasteiger charge is -2.09. The lowest BCUT2D eigenvalue weighted by atomic mass is 10.2. The van der Waals surface area contributed by atoms with Crippen molar-refractivity contribution < 1.29 is 9.84 Å². The molecule has 1 heterocycles. The average molecular weight is 261 g/mol. The van der Waals surface area contributed by atoms with Crippen LogP contribution in [0.15, 0.2) is 24.3 Å². The molecule has 5 nitrogen and oxygen atoms in total. The lowest BCUT2D eigenvalue weighted by Crippen LogP contribution is -2.02. The first kappa shape index (κ1) is 13.4. The lowest BCUT2D eigenvalue weighted by molar-refractivity contribution is 0.281. The van der Waals surface area contributed by atoms with Crippen LogP contribution in [0, 0.1) is 6.92 Å². The van der Waals surface area contributed by atoms with Gasteiger partial charge in [-0.05, 0) is 31.0 Å². The van der Waals surface area contributed by atoms with E-state index in [2.05, 4.69) is 12.0 Å². The van der Waals surface area contributed by atoms with Crippen molar-refractivity contribution in [1.82, 2.24) is 9.78 Å². The summed E-state index contributed by atoms with van der Waals surface area (Å²) < 4.78 is 7.59. The number of anilines is 1. The standard InChI is InChI=1S/C14H19N3O2/c1-3-8-17-14(13(15)10(2)16-17)19-12-6-4-11(9-18)5-7-12/h4-7,18H,3,8-9,15H2,1-2H3. The maximum atomic E-state index is 9.00. The van der Waals surface area contributed by atoms with E-state index < -0.39 is 0 Å². The Labute approximate surface area is 112 Å². The zero-order chi connectivity index (χ0) is 13.8. The fourth-order valence-electron chi connectivity index (χ4n) is 1.82. The Hall–Kier alpha value is -2.01. The number of aromatic nitrogens is 2. The summed E-state index contributed by atoms with van der Waals surface area (Å²) in [5.74, 6) is 1.26. The van der Waals surface area contributed by atoms with Gasteiger partial charge in [-0.2, -0.15) is 5.10 Å². The Morgan fingerprint density at radius 3 is 2.58 bits per heavy atom. The molecule has 0 bridgehead atoms. The number of ether oxygens (including phenoxy) is 1. The van der Waals surface area contributed by atoms with E-state index >= 15 is 0 Å². The van der Waals surface area contributed by atoms with Crippen molar-refractivity contribution in [1.29, 1.82) is 0 Å². The fraction of sp³-hybridized carbons (Fsp3) is 0.357. The zero-order valence-electron chi connectivity index (χ0n) is 11.3. The Morgan fingerprint density at radius 1 is 1.32 bits per heavy atom. The molecule has 2 rings (SSSR count). The van der Waals surface area contributed by atoms with Gasteiger partial charge in [0.15, 0.2) is 0 Å². The van der Waals surface area contributed by atoms with Gasteiger partial charge >= 0.3 is 0 Å². The molecule has 0 radical (unpaired) electrons. The van der Waals surface area contributed by atoms with Crippen LogP contribution in [0.2, 0.25) is 0 Å². The first-order valence-electron chi connectivity index (χ1n) is 6.36. The Balaban J connectivity index is 2.26. The summed E-state index contributed by atoms with van der Waals surface area (Å²) >= 11 is 0. The Morgan fingerprint density at radius 2 is 2.00 bits per heavy atom. The number of aliphatic hydroxyl groups is 1. The van der Waals surface area contributed by atoms with Gasteiger partial charge in [-0.25, -0.2) is 4.68 Å². The van der Waals surface area contributed by atoms with E-state index in [1.54, 1.807) is 4.68 Å². The van der Waals surface area contributed by atoms with Crippen LogP contribution in [-0.2, 0) is 13.2 Å². The van der Waals surface area contributed by atoms with Crippen molar-refractivity contribution >= 4 is 5.69 Å². The van der Waals surface area contributed by atoms with Crippen LogP contribution in [0.1, 0.15) is 24.6 Å². The second-order valence-corrected chi connectivity index (χ2v) is 4.43. The van der Waals surface area contributed by atoms with Gasteiger partial charge in [0.2, 0.25) is 5.88 Å². The molecule has 1 aromatic heterocycles. The maximum absolute atomic E-state index is 9.00. The SMILES string of the molecule is CCCn1nc(C)c(N)c1Oc1ccc(CO)cc1. The zero-order valence-corrected chi connectivity index (χ0v) is 11.3. The second-order valence-electron chi connectivity index (χ2n) is 4.43. The number of benzene rings is 1. The molecule has 0 aliphatic heterocycles. The smallest absolute Gasteiger partial charge is 0.241 e. The van der Waals surface area contributed by atoms with Crippen LogP contribution in [0.25, 0.3) is 0 Å². The number of aryl methyl sites for hydroxylation is 2. The van der Waals surface area contributed by atoms with E-state index in [0.29, 0.717) is 17.3 Å². The predicted molar refractivity (Wildman–Crippen MR) is 74.1 cm³/mol. The van der Waals surface area contributed by atoms with E-state index in [9.17, 15) is 0 Å². The molecule has 0 fully saturated rings. The molecule has 0 saturated carbocycles. The summed E-state index contributed by atoms with van der Waals surface area (Å²) in [6.07, 6.45) is 0.959. The van der Waals surface area contributed by atoms with E-state index in [-0.39, 0.29) is 6.61 Å². The number of nitrogens with two attached hydrogens (primary N) is 1. The molecule has 0 atom stereocenters. The van der Waals surface area contributed by atoms with Crippen molar-refractivity contribution in [3.05, 3.63) is 35.5 Å². The summed E-state index contributed by atoms with van der Waals surface area (Å²) in [4.78, 5) is 0. The minimum Gasteiger partial charge on any atom is -0.437 e. The third-order valence-corrected chi connectivity index (χ3v) is 2.88. The van der Waals surface area contributed by atoms with E-state index in [4.69, 9.17) is 15.6 Å². The molecular weight excluding hydrogens is 242 g/mol. The highest BCUT2D eigenvalue weighted by Gasteiger charge is 2.14. The van der Waals surface area contributed by atoms with Gasteiger partial charge in [-0.1, -0.05) is 19.1 Å². The van der Waals surface area contributed by atoms with Crippen molar-refractivity contribution in [2.24, 2.45) is 0 Å². The number of hydrogen-bond acceptors (Lipinski definition) is 4. The number of rotatable bonds is 5. The first-order valence-corrected chi connectivity index (χ1v) is 6.36. The van der Waals surface area contributed by atoms with Crippen LogP contribution < -0.4 is 10.5 Å². The van der Waals surface area contributed by atoms with Crippen molar-refractivity contribution in [2.45, 2.75) is 33.4 Å². The van der Waals surface area contributed by atoms with Crippen molar-refractivity contribution in [3.63, 3.8) is 0 Å². The van der Waals surface area contributed by atoms with E-state index in [1.165, 1.54) is 0 Å². The topological polar surface area (TPSA) is 73.3 Å². The Bertz CT molecular complexity index is 547. The maximum Gasteiger partial charge on any atom is 0.241 e. The summed E-state index contributed by atoms with van der Waals surface area (Å²) in [7, 11) is 0. The van der Waals surface area contributed by atoms with Crippen LogP contribution in [0.3, 0.4) is 0 Å². The highest BCUT2D eigenvalue weighted by Crippen LogP contribution is 2.30. The summed E-state index contributed by atoms with van der Waals surface area (Å²) in [5.41, 5.74) is 8.18. The highest BCUT2D eigenvalue weighted by atomic mass is 16.5. The molecule has 1 aromatic carbocycles. The van der Waals surface area contributed by atoms with Crippen LogP contribution in [-0.4, -0.2) is 14.9 Å². The molecule has 0 aliphatic rings. The molecule has 2 aromatic rings. The predicted octanol–water partition coefficient (Wildman–Crippen LogP) is 2.47. The molecule has 0 aliphatic carbocycles. The summed E-state index contributed by atoms with van der Waals surface area (Å²) in [6, 6.07) is 7.26. The van der Waals surface area contributed by atoms with Gasteiger partial charge in [0.05, 0.1) is 12.3 Å². The number of nitrogen functional groups attached to an aromatic ring is 1. The van der Waals surface area contributed by atoms with E-state index in [0.717, 1.165) is 24.2 Å². The Kier molecular flexibility index (Phi) is 4.06. The minimum atomic E-state index is 0.0231. The molecule has 19 heavy (non-hydrogen) atoms. The first-order chi connectivity index (χ1) is 9.15. The van der Waals surface area contributed by atoms with Gasteiger partial charge in [0.25, 0.3) is 0 Å². The van der Waals surface area contributed by atoms with Crippen LogP contribution in [0.5, 0.6) is 11.6 Å². The van der Waals surface area contributed by atoms with E-state index in [1.807, 2.05) is 31.2 Å². The minimum absolute atomic E-state index is 0.0231. The van der Waals surface area contributed by atoms with Crippen LogP contribution >= 0.6 is 0 Å². The largest absolute Gasteiger partial charge is 0.437 e. The quantitative estimate of drug-likeness (QED) is 0.867. The molecule has 0 saturated heterocycles. The normalized spacial score (nSPS) is 10.7. The average Bonchev–Trinajstić information content (AvgIpc) is 2.68. The monoisotopic (exact) mass is 261 g/mol. The number of nitrogens with zero attached hydrogens (tertiary/aromatic N) is 2. The van der Waals surface area contributed by atoms with Crippen LogP contribution in [0.4, 0.5) is 5.69 Å². The fourth-order valence-corrected chi connectivity index (χ4v) is 1.82. The summed E-state index contributed by atoms with van der Waals surface area (Å²) in [5, 5.41) is 13.4. The second kappa shape index (κ2) is 5.75. The molecule has 102 valence electrons. The molecular formula is C14H19N3O2. The summed E-state index contributed by atoms with van der Waals surface area (Å²) in [6.45, 7) is 4.73. The van der Waals surface area contributed by atoms with Gasteiger partial charge in [-0.3, -0.25) is 0 Å². The molecule has 0 spiro atoms. The molecule has 0 amide bonds. The molecule has 3 N–H and O–H groups in total. The highest BCUT2D eigenvalue weighted by molar-refractivity contribution is 5.54. The third kappa shape index (κ3) is 2.88. The van der Waals surface area contributed by atoms with Gasteiger partial charge in [0, 0.05) is 6.54 Å². The van der Waals surface area contributed by atoms with Gasteiger partial charge < -0.3 is 15.6 Å². The van der Waals surface area contributed by atoms with Gasteiger partial charge in [-0.15, -0.1) is 0 Å². The molecule has 0 unspecified atom stereocenters. The molecule has 5 heteroatoms. The van der Waals surface area contributed by atoms with Gasteiger partial charge in [0.1, 0.15) is 11.4 Å². The number of hydrogen-bond donors (Lipinski definition) is 2. The third-order valence-electron chi connectivity index (χ3n) is 2.88. The van der Waals surface area contributed by atoms with Crippen molar-refractivity contribution in [3.8, 4) is 11.6 Å². The number of aliphatic hydroxyl groups excluding tert-OH is 1. The van der Waals surface area contributed by atoms with Crippen molar-refractivity contribution in [2.75, 3.05) is 5.73 Å².